The topological polar surface area (TPSA) is 29.1 Å². The number of carbonyl (C=O) groups is 1. The van der Waals surface area contributed by atoms with E-state index < -0.39 is 5.91 Å². The lowest BCUT2D eigenvalue weighted by Gasteiger charge is -2.44. The summed E-state index contributed by atoms with van der Waals surface area (Å²) < 4.78 is 12.2. The first-order chi connectivity index (χ1) is 9.20. The van der Waals surface area contributed by atoms with Crippen molar-refractivity contribution in [3.63, 3.8) is 0 Å². The van der Waals surface area contributed by atoms with Crippen LogP contribution in [0.4, 0.5) is 4.48 Å². The van der Waals surface area contributed by atoms with E-state index in [4.69, 9.17) is 11.6 Å². The molecule has 1 amide bonds. The number of nitrogens with one attached hydrogen (secondary N) is 1. The lowest BCUT2D eigenvalue weighted by molar-refractivity contribution is -0.124. The molecule has 0 saturated heterocycles. The zero-order chi connectivity index (χ0) is 13.1. The minimum atomic E-state index is -0.609. The molecule has 0 heterocycles. The van der Waals surface area contributed by atoms with Crippen molar-refractivity contribution in [1.82, 2.24) is 5.54 Å². The summed E-state index contributed by atoms with van der Waals surface area (Å²) in [7, 11) is 0. The highest BCUT2D eigenvalue weighted by atomic mass is 35.5. The molecule has 2 fully saturated rings. The largest absolute Gasteiger partial charge is 0.272 e. The molecule has 3 aliphatic rings. The highest BCUT2D eigenvalue weighted by Crippen LogP contribution is 2.68. The summed E-state index contributed by atoms with van der Waals surface area (Å²) in [6, 6.07) is 3.97. The summed E-state index contributed by atoms with van der Waals surface area (Å²) in [5.41, 5.74) is 4.68. The maximum Gasteiger partial charge on any atom is 0.252 e. The van der Waals surface area contributed by atoms with Crippen LogP contribution < -0.4 is 5.54 Å². The molecule has 0 aliphatic heterocycles. The van der Waals surface area contributed by atoms with E-state index in [1.165, 1.54) is 35.9 Å². The maximum absolute atomic E-state index is 12.2. The highest BCUT2D eigenvalue weighted by Gasteiger charge is 2.56. The minimum Gasteiger partial charge on any atom is -0.272 e. The predicted molar refractivity (Wildman–Crippen MR) is 70.7 cm³/mol. The Kier molecular flexibility index (Phi) is 2.44. The van der Waals surface area contributed by atoms with Gasteiger partial charge in [-0.3, -0.25) is 4.79 Å². The van der Waals surface area contributed by atoms with Crippen LogP contribution in [0, 0.1) is 11.8 Å². The number of hydrogen-bond donors (Lipinski definition) is 1. The summed E-state index contributed by atoms with van der Waals surface area (Å²) in [4.78, 5) is 11.3. The van der Waals surface area contributed by atoms with Crippen molar-refractivity contribution in [2.24, 2.45) is 11.8 Å². The Balaban J connectivity index is 1.78. The Bertz CT molecular complexity index is 574. The van der Waals surface area contributed by atoms with Gasteiger partial charge in [-0.25, -0.2) is 0 Å². The molecule has 4 heteroatoms. The molecule has 4 atom stereocenters. The molecular formula is C15H15ClFNO. The van der Waals surface area contributed by atoms with E-state index in [0.29, 0.717) is 16.9 Å². The molecule has 100 valence electrons. The monoisotopic (exact) mass is 279 g/mol. The SMILES string of the molecule is O=C(Cc1c(Cl)ccc2c1C1C3CCC(C3)C21)NF. The summed E-state index contributed by atoms with van der Waals surface area (Å²) >= 11 is 6.23. The molecule has 2 saturated carbocycles. The Morgan fingerprint density at radius 1 is 1.32 bits per heavy atom. The summed E-state index contributed by atoms with van der Waals surface area (Å²) in [5.74, 6) is 2.23. The fourth-order valence-electron chi connectivity index (χ4n) is 4.77. The normalized spacial score (nSPS) is 33.6. The van der Waals surface area contributed by atoms with Gasteiger partial charge in [-0.05, 0) is 65.7 Å². The Labute approximate surface area is 116 Å². The van der Waals surface area contributed by atoms with Gasteiger partial charge in [0.25, 0.3) is 5.91 Å². The first-order valence-electron chi connectivity index (χ1n) is 6.91. The number of halogens is 2. The van der Waals surface area contributed by atoms with Gasteiger partial charge < -0.3 is 0 Å². The number of hydrogen-bond acceptors (Lipinski definition) is 1. The van der Waals surface area contributed by atoms with Crippen molar-refractivity contribution in [3.05, 3.63) is 33.8 Å². The average Bonchev–Trinajstić information content (AvgIpc) is 2.94. The quantitative estimate of drug-likeness (QED) is 0.825. The summed E-state index contributed by atoms with van der Waals surface area (Å²) in [5, 5.41) is 0.601. The van der Waals surface area contributed by atoms with E-state index in [2.05, 4.69) is 6.07 Å². The van der Waals surface area contributed by atoms with Crippen LogP contribution in [-0.2, 0) is 11.2 Å². The average molecular weight is 280 g/mol. The first-order valence-corrected chi connectivity index (χ1v) is 7.29. The predicted octanol–water partition coefficient (Wildman–Crippen LogP) is 3.49. The van der Waals surface area contributed by atoms with Gasteiger partial charge in [0.05, 0.1) is 6.42 Å². The van der Waals surface area contributed by atoms with Crippen LogP contribution in [0.25, 0.3) is 0 Å². The van der Waals surface area contributed by atoms with Crippen molar-refractivity contribution in [1.29, 1.82) is 0 Å². The van der Waals surface area contributed by atoms with Crippen molar-refractivity contribution >= 4 is 17.5 Å². The van der Waals surface area contributed by atoms with Gasteiger partial charge in [-0.2, -0.15) is 5.54 Å². The van der Waals surface area contributed by atoms with E-state index >= 15 is 0 Å². The van der Waals surface area contributed by atoms with Gasteiger partial charge in [-0.15, -0.1) is 4.48 Å². The van der Waals surface area contributed by atoms with Crippen LogP contribution in [0.15, 0.2) is 12.1 Å². The zero-order valence-corrected chi connectivity index (χ0v) is 11.2. The highest BCUT2D eigenvalue weighted by molar-refractivity contribution is 6.31. The van der Waals surface area contributed by atoms with Crippen LogP contribution in [0.5, 0.6) is 0 Å². The molecular weight excluding hydrogens is 265 g/mol. The second-order valence-electron chi connectivity index (χ2n) is 6.11. The Morgan fingerprint density at radius 2 is 2.05 bits per heavy atom. The number of fused-ring (bicyclic) bond motifs is 8. The van der Waals surface area contributed by atoms with Crippen molar-refractivity contribution in [2.45, 2.75) is 37.5 Å². The van der Waals surface area contributed by atoms with Crippen molar-refractivity contribution < 1.29 is 9.28 Å². The number of benzene rings is 1. The van der Waals surface area contributed by atoms with E-state index in [0.717, 1.165) is 17.4 Å². The fourth-order valence-corrected chi connectivity index (χ4v) is 5.00. The third kappa shape index (κ3) is 1.45. The second-order valence-corrected chi connectivity index (χ2v) is 6.52. The lowest BCUT2D eigenvalue weighted by atomic mass is 9.60. The van der Waals surface area contributed by atoms with Crippen LogP contribution in [0.3, 0.4) is 0 Å². The van der Waals surface area contributed by atoms with Crippen LogP contribution in [-0.4, -0.2) is 5.91 Å². The third-order valence-electron chi connectivity index (χ3n) is 5.39. The van der Waals surface area contributed by atoms with Gasteiger partial charge in [0.1, 0.15) is 0 Å². The molecule has 0 spiro atoms. The third-order valence-corrected chi connectivity index (χ3v) is 5.74. The molecule has 4 unspecified atom stereocenters. The Hall–Kier alpha value is -1.09. The first kappa shape index (κ1) is 11.7. The zero-order valence-electron chi connectivity index (χ0n) is 10.5. The molecule has 3 aliphatic carbocycles. The standard InChI is InChI=1S/C15H15ClFNO/c16-11-4-3-9-13-7-1-2-8(5-7)14(13)15(9)10(11)6-12(19)18-17/h3-4,7-8,13-14H,1-2,5-6H2,(H,18,19). The molecule has 0 aromatic heterocycles. The molecule has 1 N–H and O–H groups in total. The Morgan fingerprint density at radius 3 is 2.79 bits per heavy atom. The van der Waals surface area contributed by atoms with Gasteiger partial charge >= 0.3 is 0 Å². The van der Waals surface area contributed by atoms with Crippen LogP contribution >= 0.6 is 11.6 Å². The second kappa shape index (κ2) is 3.95. The molecule has 2 bridgehead atoms. The van der Waals surface area contributed by atoms with Gasteiger partial charge in [0, 0.05) is 5.02 Å². The fraction of sp³-hybridized carbons (Fsp3) is 0.533. The molecule has 0 radical (unpaired) electrons. The van der Waals surface area contributed by atoms with Crippen molar-refractivity contribution in [2.75, 3.05) is 0 Å². The van der Waals surface area contributed by atoms with Crippen LogP contribution in [0.1, 0.15) is 47.8 Å². The number of rotatable bonds is 2. The number of carbonyl (C=O) groups excluding carboxylic acids is 1. The van der Waals surface area contributed by atoms with Crippen LogP contribution in [0.2, 0.25) is 5.02 Å². The maximum atomic E-state index is 12.2. The summed E-state index contributed by atoms with van der Waals surface area (Å²) in [6.07, 6.45) is 4.01. The van der Waals surface area contributed by atoms with Crippen molar-refractivity contribution in [3.8, 4) is 0 Å². The van der Waals surface area contributed by atoms with E-state index in [9.17, 15) is 9.28 Å². The molecule has 1 aromatic carbocycles. The van der Waals surface area contributed by atoms with E-state index in [-0.39, 0.29) is 6.42 Å². The van der Waals surface area contributed by atoms with E-state index in [1.807, 2.05) is 6.07 Å². The van der Waals surface area contributed by atoms with E-state index in [1.54, 1.807) is 0 Å². The minimum absolute atomic E-state index is 0.0547. The summed E-state index contributed by atoms with van der Waals surface area (Å²) in [6.45, 7) is 0. The lowest BCUT2D eigenvalue weighted by Crippen LogP contribution is -2.32. The molecule has 19 heavy (non-hydrogen) atoms. The smallest absolute Gasteiger partial charge is 0.252 e. The molecule has 1 aromatic rings. The van der Waals surface area contributed by atoms with Gasteiger partial charge in [0.15, 0.2) is 0 Å². The molecule has 2 nitrogen and oxygen atoms in total. The van der Waals surface area contributed by atoms with Gasteiger partial charge in [0.2, 0.25) is 0 Å². The molecule has 4 rings (SSSR count). The number of amides is 1. The van der Waals surface area contributed by atoms with Gasteiger partial charge in [-0.1, -0.05) is 17.7 Å².